The number of pyridine rings is 1. The molecule has 112 valence electrons. The summed E-state index contributed by atoms with van der Waals surface area (Å²) in [6.07, 6.45) is 4.39. The molecule has 5 heteroatoms. The third kappa shape index (κ3) is 4.25. The average molecular weight is 353 g/mol. The SMILES string of the molecule is CCCOc1cncc(C(NC)c2cc(F)cc(Br)c2)c1. The molecule has 1 heterocycles. The van der Waals surface area contributed by atoms with Crippen molar-refractivity contribution in [3.05, 3.63) is 58.1 Å². The van der Waals surface area contributed by atoms with Crippen LogP contribution in [0.2, 0.25) is 0 Å². The normalized spacial score (nSPS) is 12.2. The fraction of sp³-hybridized carbons (Fsp3) is 0.312. The Balaban J connectivity index is 2.32. The van der Waals surface area contributed by atoms with Crippen molar-refractivity contribution in [1.29, 1.82) is 0 Å². The minimum absolute atomic E-state index is 0.144. The van der Waals surface area contributed by atoms with Crippen molar-refractivity contribution in [3.8, 4) is 5.75 Å². The quantitative estimate of drug-likeness (QED) is 0.850. The highest BCUT2D eigenvalue weighted by Crippen LogP contribution is 2.27. The van der Waals surface area contributed by atoms with Crippen LogP contribution in [-0.4, -0.2) is 18.6 Å². The first kappa shape index (κ1) is 15.9. The summed E-state index contributed by atoms with van der Waals surface area (Å²) in [5, 5.41) is 3.19. The summed E-state index contributed by atoms with van der Waals surface area (Å²) in [5.74, 6) is 0.455. The Hall–Kier alpha value is -1.46. The lowest BCUT2D eigenvalue weighted by Crippen LogP contribution is -2.18. The molecule has 2 rings (SSSR count). The summed E-state index contributed by atoms with van der Waals surface area (Å²) in [7, 11) is 1.84. The van der Waals surface area contributed by atoms with Gasteiger partial charge in [0.25, 0.3) is 0 Å². The Morgan fingerprint density at radius 1 is 1.24 bits per heavy atom. The molecule has 0 radical (unpaired) electrons. The Morgan fingerprint density at radius 3 is 2.71 bits per heavy atom. The Labute approximate surface area is 132 Å². The summed E-state index contributed by atoms with van der Waals surface area (Å²) in [6.45, 7) is 2.71. The van der Waals surface area contributed by atoms with Gasteiger partial charge >= 0.3 is 0 Å². The zero-order valence-corrected chi connectivity index (χ0v) is 13.7. The molecule has 0 fully saturated rings. The zero-order valence-electron chi connectivity index (χ0n) is 12.1. The molecular formula is C16H18BrFN2O. The lowest BCUT2D eigenvalue weighted by atomic mass is 10.0. The van der Waals surface area contributed by atoms with E-state index in [0.717, 1.165) is 23.3 Å². The maximum Gasteiger partial charge on any atom is 0.137 e. The smallest absolute Gasteiger partial charge is 0.137 e. The van der Waals surface area contributed by atoms with Crippen LogP contribution in [0, 0.1) is 5.82 Å². The lowest BCUT2D eigenvalue weighted by Gasteiger charge is -2.18. The topological polar surface area (TPSA) is 34.1 Å². The summed E-state index contributed by atoms with van der Waals surface area (Å²) in [6, 6.07) is 6.64. The zero-order chi connectivity index (χ0) is 15.2. The number of rotatable bonds is 6. The predicted molar refractivity (Wildman–Crippen MR) is 85.0 cm³/mol. The third-order valence-corrected chi connectivity index (χ3v) is 3.51. The van der Waals surface area contributed by atoms with Crippen molar-refractivity contribution in [2.45, 2.75) is 19.4 Å². The molecular weight excluding hydrogens is 335 g/mol. The maximum atomic E-state index is 13.6. The molecule has 1 atom stereocenters. The van der Waals surface area contributed by atoms with Crippen molar-refractivity contribution < 1.29 is 9.13 Å². The number of hydrogen-bond acceptors (Lipinski definition) is 3. The number of nitrogens with zero attached hydrogens (tertiary/aromatic N) is 1. The van der Waals surface area contributed by atoms with Crippen molar-refractivity contribution in [3.63, 3.8) is 0 Å². The van der Waals surface area contributed by atoms with Crippen LogP contribution in [0.4, 0.5) is 4.39 Å². The van der Waals surface area contributed by atoms with Crippen LogP contribution in [0.15, 0.2) is 41.1 Å². The highest BCUT2D eigenvalue weighted by Gasteiger charge is 2.15. The average Bonchev–Trinajstić information content (AvgIpc) is 2.45. The maximum absolute atomic E-state index is 13.6. The second kappa shape index (κ2) is 7.52. The van der Waals surface area contributed by atoms with Gasteiger partial charge in [0.05, 0.1) is 18.8 Å². The van der Waals surface area contributed by atoms with E-state index in [-0.39, 0.29) is 11.9 Å². The fourth-order valence-corrected chi connectivity index (χ4v) is 2.64. The first-order valence-electron chi connectivity index (χ1n) is 6.85. The van der Waals surface area contributed by atoms with Crippen LogP contribution in [-0.2, 0) is 0 Å². The van der Waals surface area contributed by atoms with E-state index >= 15 is 0 Å². The van der Waals surface area contributed by atoms with E-state index in [9.17, 15) is 4.39 Å². The minimum atomic E-state index is -0.272. The lowest BCUT2D eigenvalue weighted by molar-refractivity contribution is 0.315. The van der Waals surface area contributed by atoms with Gasteiger partial charge in [0.2, 0.25) is 0 Å². The molecule has 21 heavy (non-hydrogen) atoms. The Morgan fingerprint density at radius 2 is 2.05 bits per heavy atom. The van der Waals surface area contributed by atoms with E-state index in [2.05, 4.69) is 33.2 Å². The second-order valence-corrected chi connectivity index (χ2v) is 5.64. The van der Waals surface area contributed by atoms with Crippen molar-refractivity contribution in [2.24, 2.45) is 0 Å². The van der Waals surface area contributed by atoms with Crippen molar-refractivity contribution in [1.82, 2.24) is 10.3 Å². The van der Waals surface area contributed by atoms with Gasteiger partial charge in [-0.1, -0.05) is 22.9 Å². The van der Waals surface area contributed by atoms with Gasteiger partial charge in [-0.3, -0.25) is 4.98 Å². The molecule has 1 unspecified atom stereocenters. The third-order valence-electron chi connectivity index (χ3n) is 3.05. The summed E-state index contributed by atoms with van der Waals surface area (Å²) < 4.78 is 19.9. The van der Waals surface area contributed by atoms with Crippen LogP contribution in [0.25, 0.3) is 0 Å². The number of hydrogen-bond donors (Lipinski definition) is 1. The number of benzene rings is 1. The van der Waals surface area contributed by atoms with E-state index in [0.29, 0.717) is 11.1 Å². The monoisotopic (exact) mass is 352 g/mol. The summed E-state index contributed by atoms with van der Waals surface area (Å²) in [4.78, 5) is 4.21. The van der Waals surface area contributed by atoms with Gasteiger partial charge in [0.15, 0.2) is 0 Å². The summed E-state index contributed by atoms with van der Waals surface area (Å²) in [5.41, 5.74) is 1.77. The van der Waals surface area contributed by atoms with Crippen LogP contribution < -0.4 is 10.1 Å². The van der Waals surface area contributed by atoms with Crippen LogP contribution in [0.5, 0.6) is 5.75 Å². The molecule has 0 aliphatic rings. The van der Waals surface area contributed by atoms with Gasteiger partial charge in [0.1, 0.15) is 11.6 Å². The van der Waals surface area contributed by atoms with E-state index in [1.165, 1.54) is 12.1 Å². The summed E-state index contributed by atoms with van der Waals surface area (Å²) >= 11 is 3.32. The van der Waals surface area contributed by atoms with Crippen LogP contribution >= 0.6 is 15.9 Å². The number of nitrogens with one attached hydrogen (secondary N) is 1. The first-order valence-corrected chi connectivity index (χ1v) is 7.64. The Kier molecular flexibility index (Phi) is 5.70. The molecule has 0 saturated heterocycles. The van der Waals surface area contributed by atoms with Gasteiger partial charge in [-0.2, -0.15) is 0 Å². The Bertz CT molecular complexity index is 586. The molecule has 0 spiro atoms. The van der Waals surface area contributed by atoms with Crippen LogP contribution in [0.3, 0.4) is 0 Å². The number of ether oxygens (including phenoxy) is 1. The van der Waals surface area contributed by atoms with Crippen molar-refractivity contribution in [2.75, 3.05) is 13.7 Å². The van der Waals surface area contributed by atoms with E-state index in [1.807, 2.05) is 19.2 Å². The molecule has 1 aromatic carbocycles. The molecule has 0 aliphatic heterocycles. The molecule has 0 amide bonds. The molecule has 3 nitrogen and oxygen atoms in total. The second-order valence-electron chi connectivity index (χ2n) is 4.73. The van der Waals surface area contributed by atoms with Gasteiger partial charge in [0, 0.05) is 10.7 Å². The van der Waals surface area contributed by atoms with Crippen molar-refractivity contribution >= 4 is 15.9 Å². The van der Waals surface area contributed by atoms with E-state index < -0.39 is 0 Å². The first-order chi connectivity index (χ1) is 10.1. The predicted octanol–water partition coefficient (Wildman–Crippen LogP) is 4.08. The van der Waals surface area contributed by atoms with E-state index in [4.69, 9.17) is 4.74 Å². The molecule has 0 aliphatic carbocycles. The molecule has 1 N–H and O–H groups in total. The van der Waals surface area contributed by atoms with Crippen LogP contribution in [0.1, 0.15) is 30.5 Å². The highest BCUT2D eigenvalue weighted by atomic mass is 79.9. The van der Waals surface area contributed by atoms with Gasteiger partial charge in [-0.25, -0.2) is 4.39 Å². The van der Waals surface area contributed by atoms with E-state index in [1.54, 1.807) is 12.4 Å². The number of aromatic nitrogens is 1. The van der Waals surface area contributed by atoms with Gasteiger partial charge < -0.3 is 10.1 Å². The standard InChI is InChI=1S/C16H18BrFN2O/c1-3-4-21-15-7-12(9-20-10-15)16(19-2)11-5-13(17)8-14(18)6-11/h5-10,16,19H,3-4H2,1-2H3. The largest absolute Gasteiger partial charge is 0.492 e. The number of halogens is 2. The molecule has 0 bridgehead atoms. The molecule has 2 aromatic rings. The van der Waals surface area contributed by atoms with Gasteiger partial charge in [-0.15, -0.1) is 0 Å². The highest BCUT2D eigenvalue weighted by molar-refractivity contribution is 9.10. The fourth-order valence-electron chi connectivity index (χ4n) is 2.16. The van der Waals surface area contributed by atoms with Gasteiger partial charge in [-0.05, 0) is 48.9 Å². The minimum Gasteiger partial charge on any atom is -0.492 e. The molecule has 0 saturated carbocycles. The molecule has 1 aromatic heterocycles.